The Bertz CT molecular complexity index is 188. The Kier molecular flexibility index (Phi) is 7.25. The van der Waals surface area contributed by atoms with Crippen molar-refractivity contribution >= 4 is 5.97 Å². The van der Waals surface area contributed by atoms with Gasteiger partial charge in [0.15, 0.2) is 0 Å². The standard InChI is InChI=1S/C10H21FN2O2/c1-8(2)9(12-3)10(14)15-6-5-13(4)7-11/h8-9,12H,5-7H2,1-4H3. The predicted octanol–water partition coefficient (Wildman–Crippen LogP) is 0.632. The molecule has 0 saturated carbocycles. The number of carbonyl (C=O) groups is 1. The van der Waals surface area contributed by atoms with Gasteiger partial charge in [0.1, 0.15) is 19.4 Å². The zero-order valence-electron chi connectivity index (χ0n) is 9.92. The molecule has 0 spiro atoms. The lowest BCUT2D eigenvalue weighted by molar-refractivity contribution is -0.147. The lowest BCUT2D eigenvalue weighted by Gasteiger charge is -2.19. The van der Waals surface area contributed by atoms with E-state index in [2.05, 4.69) is 5.32 Å². The first-order valence-electron chi connectivity index (χ1n) is 5.11. The monoisotopic (exact) mass is 220 g/mol. The van der Waals surface area contributed by atoms with E-state index < -0.39 is 6.80 Å². The summed E-state index contributed by atoms with van der Waals surface area (Å²) in [6, 6.07) is -0.291. The summed E-state index contributed by atoms with van der Waals surface area (Å²) in [5.74, 6) is -0.0961. The Balaban J connectivity index is 3.81. The number of ether oxygens (including phenoxy) is 1. The van der Waals surface area contributed by atoms with Gasteiger partial charge >= 0.3 is 5.97 Å². The minimum Gasteiger partial charge on any atom is -0.463 e. The highest BCUT2D eigenvalue weighted by Gasteiger charge is 2.21. The first-order valence-corrected chi connectivity index (χ1v) is 5.11. The molecule has 0 amide bonds. The van der Waals surface area contributed by atoms with Gasteiger partial charge in [-0.3, -0.25) is 9.69 Å². The van der Waals surface area contributed by atoms with Gasteiger partial charge in [-0.1, -0.05) is 13.8 Å². The zero-order valence-corrected chi connectivity index (χ0v) is 9.92. The van der Waals surface area contributed by atoms with Crippen LogP contribution in [0.3, 0.4) is 0 Å². The van der Waals surface area contributed by atoms with Crippen molar-refractivity contribution < 1.29 is 13.9 Å². The lowest BCUT2D eigenvalue weighted by atomic mass is 10.1. The topological polar surface area (TPSA) is 41.6 Å². The molecule has 0 aliphatic heterocycles. The van der Waals surface area contributed by atoms with E-state index in [0.717, 1.165) is 0 Å². The van der Waals surface area contributed by atoms with Crippen LogP contribution in [0.2, 0.25) is 0 Å². The predicted molar refractivity (Wildman–Crippen MR) is 57.2 cm³/mol. The number of carbonyl (C=O) groups excluding carboxylic acids is 1. The molecule has 0 bridgehead atoms. The molecule has 0 fully saturated rings. The van der Waals surface area contributed by atoms with Gasteiger partial charge in [0.2, 0.25) is 0 Å². The van der Waals surface area contributed by atoms with Crippen LogP contribution in [-0.4, -0.2) is 51.0 Å². The number of halogens is 1. The van der Waals surface area contributed by atoms with E-state index in [0.29, 0.717) is 6.54 Å². The molecule has 0 aromatic carbocycles. The second kappa shape index (κ2) is 7.59. The fraction of sp³-hybridized carbons (Fsp3) is 0.900. The molecule has 1 atom stereocenters. The molecule has 0 aromatic rings. The van der Waals surface area contributed by atoms with Gasteiger partial charge in [0.25, 0.3) is 0 Å². The summed E-state index contributed by atoms with van der Waals surface area (Å²) in [7, 11) is 3.35. The summed E-state index contributed by atoms with van der Waals surface area (Å²) in [5, 5.41) is 2.89. The van der Waals surface area contributed by atoms with Gasteiger partial charge in [-0.15, -0.1) is 0 Å². The summed E-state index contributed by atoms with van der Waals surface area (Å²) < 4.78 is 17.1. The maximum absolute atomic E-state index is 12.0. The van der Waals surface area contributed by atoms with E-state index in [4.69, 9.17) is 4.74 Å². The van der Waals surface area contributed by atoms with Crippen LogP contribution in [0.15, 0.2) is 0 Å². The first kappa shape index (κ1) is 14.3. The van der Waals surface area contributed by atoms with Crippen LogP contribution in [-0.2, 0) is 9.53 Å². The Labute approximate surface area is 90.8 Å². The molecule has 4 nitrogen and oxygen atoms in total. The summed E-state index contributed by atoms with van der Waals surface area (Å²) in [5.41, 5.74) is 0. The number of likely N-dealkylation sites (N-methyl/N-ethyl adjacent to an activating group) is 2. The molecule has 0 aliphatic rings. The Morgan fingerprint density at radius 1 is 1.53 bits per heavy atom. The molecule has 90 valence electrons. The second-order valence-corrected chi connectivity index (χ2v) is 3.88. The smallest absolute Gasteiger partial charge is 0.323 e. The van der Waals surface area contributed by atoms with Crippen LogP contribution in [0.25, 0.3) is 0 Å². The molecule has 1 unspecified atom stereocenters. The van der Waals surface area contributed by atoms with E-state index >= 15 is 0 Å². The average molecular weight is 220 g/mol. The maximum atomic E-state index is 12.0. The first-order chi connectivity index (χ1) is 7.02. The van der Waals surface area contributed by atoms with Gasteiger partial charge in [0, 0.05) is 6.54 Å². The van der Waals surface area contributed by atoms with E-state index in [1.807, 2.05) is 13.8 Å². The third-order valence-corrected chi connectivity index (χ3v) is 2.15. The minimum atomic E-state index is -0.531. The van der Waals surface area contributed by atoms with Crippen molar-refractivity contribution in [3.05, 3.63) is 0 Å². The van der Waals surface area contributed by atoms with Crippen molar-refractivity contribution in [1.29, 1.82) is 0 Å². The molecule has 0 radical (unpaired) electrons. The van der Waals surface area contributed by atoms with Crippen molar-refractivity contribution in [3.8, 4) is 0 Å². The van der Waals surface area contributed by atoms with Crippen LogP contribution in [0.1, 0.15) is 13.8 Å². The number of esters is 1. The molecular weight excluding hydrogens is 199 g/mol. The van der Waals surface area contributed by atoms with Gasteiger partial charge in [-0.2, -0.15) is 0 Å². The van der Waals surface area contributed by atoms with Gasteiger partial charge in [0.05, 0.1) is 0 Å². The normalized spacial score (nSPS) is 13.3. The molecule has 15 heavy (non-hydrogen) atoms. The molecule has 5 heteroatoms. The fourth-order valence-corrected chi connectivity index (χ4v) is 1.17. The molecular formula is C10H21FN2O2. The van der Waals surface area contributed by atoms with E-state index in [-0.39, 0.29) is 24.5 Å². The minimum absolute atomic E-state index is 0.182. The molecule has 0 rings (SSSR count). The van der Waals surface area contributed by atoms with Gasteiger partial charge < -0.3 is 10.1 Å². The number of hydrogen-bond acceptors (Lipinski definition) is 4. The molecule has 0 aromatic heterocycles. The third kappa shape index (κ3) is 5.69. The maximum Gasteiger partial charge on any atom is 0.323 e. The number of rotatable bonds is 7. The van der Waals surface area contributed by atoms with Crippen LogP contribution < -0.4 is 5.32 Å². The number of nitrogens with zero attached hydrogens (tertiary/aromatic N) is 1. The summed E-state index contributed by atoms with van der Waals surface area (Å²) in [6.07, 6.45) is 0. The van der Waals surface area contributed by atoms with Crippen LogP contribution in [0.5, 0.6) is 0 Å². The van der Waals surface area contributed by atoms with Crippen molar-refractivity contribution in [2.24, 2.45) is 5.92 Å². The Morgan fingerprint density at radius 2 is 2.13 bits per heavy atom. The van der Waals surface area contributed by atoms with Crippen LogP contribution >= 0.6 is 0 Å². The van der Waals surface area contributed by atoms with Crippen molar-refractivity contribution in [2.75, 3.05) is 34.0 Å². The highest BCUT2D eigenvalue weighted by molar-refractivity contribution is 5.76. The fourth-order valence-electron chi connectivity index (χ4n) is 1.17. The SMILES string of the molecule is CNC(C(=O)OCCN(C)CF)C(C)C. The van der Waals surface area contributed by atoms with E-state index in [9.17, 15) is 9.18 Å². The quantitative estimate of drug-likeness (QED) is 0.505. The van der Waals surface area contributed by atoms with Gasteiger partial charge in [-0.25, -0.2) is 4.39 Å². The second-order valence-electron chi connectivity index (χ2n) is 3.88. The molecule has 0 saturated heterocycles. The van der Waals surface area contributed by atoms with Crippen molar-refractivity contribution in [1.82, 2.24) is 10.2 Å². The highest BCUT2D eigenvalue weighted by atomic mass is 19.1. The third-order valence-electron chi connectivity index (χ3n) is 2.15. The largest absolute Gasteiger partial charge is 0.463 e. The number of alkyl halides is 1. The van der Waals surface area contributed by atoms with E-state index in [1.165, 1.54) is 4.90 Å². The molecule has 1 N–H and O–H groups in total. The molecule has 0 heterocycles. The highest BCUT2D eigenvalue weighted by Crippen LogP contribution is 2.02. The number of hydrogen-bond donors (Lipinski definition) is 1. The van der Waals surface area contributed by atoms with Crippen molar-refractivity contribution in [3.63, 3.8) is 0 Å². The van der Waals surface area contributed by atoms with Crippen LogP contribution in [0, 0.1) is 5.92 Å². The van der Waals surface area contributed by atoms with Gasteiger partial charge in [-0.05, 0) is 20.0 Å². The zero-order chi connectivity index (χ0) is 11.8. The van der Waals surface area contributed by atoms with Crippen LogP contribution in [0.4, 0.5) is 4.39 Å². The number of nitrogens with one attached hydrogen (secondary N) is 1. The summed E-state index contributed by atoms with van der Waals surface area (Å²) >= 11 is 0. The summed E-state index contributed by atoms with van der Waals surface area (Å²) in [6.45, 7) is 3.99. The lowest BCUT2D eigenvalue weighted by Crippen LogP contribution is -2.40. The van der Waals surface area contributed by atoms with E-state index in [1.54, 1.807) is 14.1 Å². The summed E-state index contributed by atoms with van der Waals surface area (Å²) in [4.78, 5) is 12.9. The average Bonchev–Trinajstić information content (AvgIpc) is 2.17. The van der Waals surface area contributed by atoms with Crippen molar-refractivity contribution in [2.45, 2.75) is 19.9 Å². The Morgan fingerprint density at radius 3 is 2.53 bits per heavy atom. The Hall–Kier alpha value is -0.680. The molecule has 0 aliphatic carbocycles.